The predicted molar refractivity (Wildman–Crippen MR) is 70.7 cm³/mol. The first-order valence-electron chi connectivity index (χ1n) is 5.51. The van der Waals surface area contributed by atoms with E-state index in [1.54, 1.807) is 0 Å². The van der Waals surface area contributed by atoms with Crippen molar-refractivity contribution < 1.29 is 4.74 Å². The van der Waals surface area contributed by atoms with Crippen molar-refractivity contribution in [3.63, 3.8) is 0 Å². The third-order valence-electron chi connectivity index (χ3n) is 3.07. The van der Waals surface area contributed by atoms with Gasteiger partial charge in [0, 0.05) is 22.5 Å². The largest absolute Gasteiger partial charge is 0.398 e. The molecule has 3 nitrogen and oxygen atoms in total. The van der Waals surface area contributed by atoms with Crippen molar-refractivity contribution in [1.29, 1.82) is 0 Å². The number of nitrogen functional groups attached to an aromatic ring is 1. The number of halogens is 1. The van der Waals surface area contributed by atoms with Crippen molar-refractivity contribution in [2.75, 3.05) is 17.7 Å². The highest BCUT2D eigenvalue weighted by Gasteiger charge is 2.24. The van der Waals surface area contributed by atoms with E-state index in [0.29, 0.717) is 6.04 Å². The quantitative estimate of drug-likeness (QED) is 0.821. The second-order valence-corrected chi connectivity index (χ2v) is 5.16. The van der Waals surface area contributed by atoms with Gasteiger partial charge in [-0.3, -0.25) is 0 Å². The third kappa shape index (κ3) is 2.33. The number of aryl methyl sites for hydroxylation is 1. The highest BCUT2D eigenvalue weighted by molar-refractivity contribution is 9.10. The minimum Gasteiger partial charge on any atom is -0.398 e. The summed E-state index contributed by atoms with van der Waals surface area (Å²) in [5.74, 6) is 0. The maximum absolute atomic E-state index is 5.84. The molecule has 1 aromatic rings. The standard InChI is InChI=1S/C12H17BrN2O/c1-7-5-12(9(13)6-10(7)14)15-11-3-4-16-8(11)2/h5-6,8,11,15H,3-4,14H2,1-2H3. The number of hydrogen-bond donors (Lipinski definition) is 2. The lowest BCUT2D eigenvalue weighted by Crippen LogP contribution is -2.26. The maximum atomic E-state index is 5.84. The molecule has 0 bridgehead atoms. The van der Waals surface area contributed by atoms with Gasteiger partial charge in [0.05, 0.1) is 12.1 Å². The fourth-order valence-electron chi connectivity index (χ4n) is 1.93. The molecule has 0 aliphatic carbocycles. The topological polar surface area (TPSA) is 47.3 Å². The highest BCUT2D eigenvalue weighted by Crippen LogP contribution is 2.30. The van der Waals surface area contributed by atoms with E-state index in [1.165, 1.54) is 0 Å². The van der Waals surface area contributed by atoms with E-state index in [1.807, 2.05) is 13.0 Å². The van der Waals surface area contributed by atoms with Crippen molar-refractivity contribution in [3.05, 3.63) is 22.2 Å². The summed E-state index contributed by atoms with van der Waals surface area (Å²) in [6.07, 6.45) is 1.32. The van der Waals surface area contributed by atoms with Crippen molar-refractivity contribution in [2.24, 2.45) is 0 Å². The van der Waals surface area contributed by atoms with Crippen LogP contribution in [0.25, 0.3) is 0 Å². The Balaban J connectivity index is 2.18. The van der Waals surface area contributed by atoms with Crippen LogP contribution in [0.2, 0.25) is 0 Å². The molecular weight excluding hydrogens is 268 g/mol. The molecule has 1 aliphatic heterocycles. The lowest BCUT2D eigenvalue weighted by atomic mass is 10.1. The summed E-state index contributed by atoms with van der Waals surface area (Å²) in [5.41, 5.74) is 8.84. The van der Waals surface area contributed by atoms with Gasteiger partial charge < -0.3 is 15.8 Å². The molecule has 1 fully saturated rings. The Morgan fingerprint density at radius 3 is 2.88 bits per heavy atom. The molecule has 3 N–H and O–H groups in total. The lowest BCUT2D eigenvalue weighted by Gasteiger charge is -2.19. The minimum absolute atomic E-state index is 0.268. The summed E-state index contributed by atoms with van der Waals surface area (Å²) in [4.78, 5) is 0. The number of nitrogens with two attached hydrogens (primary N) is 1. The molecule has 1 aromatic carbocycles. The Labute approximate surface area is 104 Å². The number of ether oxygens (including phenoxy) is 1. The van der Waals surface area contributed by atoms with E-state index in [-0.39, 0.29) is 6.10 Å². The first-order chi connectivity index (χ1) is 7.58. The number of nitrogens with one attached hydrogen (secondary N) is 1. The number of hydrogen-bond acceptors (Lipinski definition) is 3. The van der Waals surface area contributed by atoms with Crippen LogP contribution >= 0.6 is 15.9 Å². The fraction of sp³-hybridized carbons (Fsp3) is 0.500. The van der Waals surface area contributed by atoms with Crippen LogP contribution in [0.4, 0.5) is 11.4 Å². The summed E-state index contributed by atoms with van der Waals surface area (Å²) in [6.45, 7) is 4.95. The van der Waals surface area contributed by atoms with Crippen LogP contribution in [0.15, 0.2) is 16.6 Å². The molecule has 1 saturated heterocycles. The van der Waals surface area contributed by atoms with E-state index in [0.717, 1.165) is 34.4 Å². The molecule has 2 rings (SSSR count). The van der Waals surface area contributed by atoms with Gasteiger partial charge in [-0.2, -0.15) is 0 Å². The van der Waals surface area contributed by atoms with Gasteiger partial charge in [0.15, 0.2) is 0 Å². The summed E-state index contributed by atoms with van der Waals surface area (Å²) >= 11 is 3.53. The maximum Gasteiger partial charge on any atom is 0.0748 e. The monoisotopic (exact) mass is 284 g/mol. The van der Waals surface area contributed by atoms with Crippen molar-refractivity contribution in [2.45, 2.75) is 32.4 Å². The van der Waals surface area contributed by atoms with E-state index in [4.69, 9.17) is 10.5 Å². The predicted octanol–water partition coefficient (Wildman–Crippen LogP) is 2.93. The normalized spacial score (nSPS) is 24.7. The number of rotatable bonds is 2. The molecule has 2 atom stereocenters. The van der Waals surface area contributed by atoms with Crippen LogP contribution in [0, 0.1) is 6.92 Å². The van der Waals surface area contributed by atoms with Crippen molar-refractivity contribution in [3.8, 4) is 0 Å². The molecular formula is C12H17BrN2O. The van der Waals surface area contributed by atoms with Crippen molar-refractivity contribution >= 4 is 27.3 Å². The zero-order chi connectivity index (χ0) is 11.7. The first-order valence-corrected chi connectivity index (χ1v) is 6.31. The average molecular weight is 285 g/mol. The summed E-state index contributed by atoms with van der Waals surface area (Å²) in [6, 6.07) is 4.40. The molecule has 0 radical (unpaired) electrons. The minimum atomic E-state index is 0.268. The van der Waals surface area contributed by atoms with Crippen LogP contribution in [0.3, 0.4) is 0 Å². The van der Waals surface area contributed by atoms with Gasteiger partial charge in [0.1, 0.15) is 0 Å². The molecule has 0 amide bonds. The Morgan fingerprint density at radius 2 is 2.25 bits per heavy atom. The Bertz CT molecular complexity index is 395. The summed E-state index contributed by atoms with van der Waals surface area (Å²) < 4.78 is 6.54. The SMILES string of the molecule is Cc1cc(NC2CCOC2C)c(Br)cc1N. The summed E-state index contributed by atoms with van der Waals surface area (Å²) in [7, 11) is 0. The van der Waals surface area contributed by atoms with E-state index < -0.39 is 0 Å². The van der Waals surface area contributed by atoms with Gasteiger partial charge in [0.25, 0.3) is 0 Å². The average Bonchev–Trinajstić information content (AvgIpc) is 2.61. The molecule has 16 heavy (non-hydrogen) atoms. The van der Waals surface area contributed by atoms with Gasteiger partial charge in [0.2, 0.25) is 0 Å². The van der Waals surface area contributed by atoms with E-state index >= 15 is 0 Å². The Morgan fingerprint density at radius 1 is 1.50 bits per heavy atom. The molecule has 2 unspecified atom stereocenters. The van der Waals surface area contributed by atoms with E-state index in [9.17, 15) is 0 Å². The Kier molecular flexibility index (Phi) is 3.40. The van der Waals surface area contributed by atoms with Gasteiger partial charge in [-0.25, -0.2) is 0 Å². The molecule has 0 saturated carbocycles. The van der Waals surface area contributed by atoms with Crippen LogP contribution in [0.5, 0.6) is 0 Å². The van der Waals surface area contributed by atoms with Crippen LogP contribution in [-0.4, -0.2) is 18.8 Å². The fourth-order valence-corrected chi connectivity index (χ4v) is 2.40. The second-order valence-electron chi connectivity index (χ2n) is 4.30. The molecule has 0 aromatic heterocycles. The van der Waals surface area contributed by atoms with Gasteiger partial charge in [-0.05, 0) is 53.9 Å². The molecule has 0 spiro atoms. The number of benzene rings is 1. The smallest absolute Gasteiger partial charge is 0.0748 e. The van der Waals surface area contributed by atoms with Crippen LogP contribution < -0.4 is 11.1 Å². The van der Waals surface area contributed by atoms with E-state index in [2.05, 4.69) is 34.2 Å². The molecule has 88 valence electrons. The second kappa shape index (κ2) is 4.63. The van der Waals surface area contributed by atoms with Crippen molar-refractivity contribution in [1.82, 2.24) is 0 Å². The van der Waals surface area contributed by atoms with Gasteiger partial charge in [-0.1, -0.05) is 0 Å². The summed E-state index contributed by atoms with van der Waals surface area (Å²) in [5, 5.41) is 3.50. The number of anilines is 2. The zero-order valence-corrected chi connectivity index (χ0v) is 11.2. The molecule has 1 heterocycles. The van der Waals surface area contributed by atoms with Gasteiger partial charge in [-0.15, -0.1) is 0 Å². The first kappa shape index (κ1) is 11.7. The zero-order valence-electron chi connectivity index (χ0n) is 9.59. The van der Waals surface area contributed by atoms with Crippen LogP contribution in [0.1, 0.15) is 18.9 Å². The van der Waals surface area contributed by atoms with Gasteiger partial charge >= 0.3 is 0 Å². The highest BCUT2D eigenvalue weighted by atomic mass is 79.9. The third-order valence-corrected chi connectivity index (χ3v) is 3.73. The van der Waals surface area contributed by atoms with Crippen LogP contribution in [-0.2, 0) is 4.74 Å². The lowest BCUT2D eigenvalue weighted by molar-refractivity contribution is 0.121. The molecule has 4 heteroatoms. The Hall–Kier alpha value is -0.740. The molecule has 1 aliphatic rings.